The SMILES string of the molecule is O=C1C[C@H](c2cccc(Cl)c2Cl)c2c(c3ccccc3oc2=O)O1. The first-order valence-corrected chi connectivity index (χ1v) is 8.02. The summed E-state index contributed by atoms with van der Waals surface area (Å²) in [5, 5.41) is 1.25. The maximum atomic E-state index is 12.5. The predicted molar refractivity (Wildman–Crippen MR) is 91.0 cm³/mol. The van der Waals surface area contributed by atoms with Gasteiger partial charge < -0.3 is 9.15 Å². The fourth-order valence-corrected chi connectivity index (χ4v) is 3.47. The van der Waals surface area contributed by atoms with Gasteiger partial charge in [0.25, 0.3) is 0 Å². The van der Waals surface area contributed by atoms with Gasteiger partial charge in [-0.25, -0.2) is 4.79 Å². The lowest BCUT2D eigenvalue weighted by atomic mass is 9.86. The Morgan fingerprint density at radius 3 is 2.62 bits per heavy atom. The molecule has 0 amide bonds. The fourth-order valence-electron chi connectivity index (χ4n) is 3.03. The molecule has 0 saturated heterocycles. The molecule has 4 rings (SSSR count). The average Bonchev–Trinajstić information content (AvgIpc) is 2.56. The van der Waals surface area contributed by atoms with Crippen LogP contribution in [0.25, 0.3) is 11.0 Å². The summed E-state index contributed by atoms with van der Waals surface area (Å²) < 4.78 is 10.8. The van der Waals surface area contributed by atoms with E-state index >= 15 is 0 Å². The minimum Gasteiger partial charge on any atom is -0.425 e. The summed E-state index contributed by atoms with van der Waals surface area (Å²) in [5.74, 6) is -0.758. The molecule has 1 atom stereocenters. The van der Waals surface area contributed by atoms with E-state index in [4.69, 9.17) is 32.4 Å². The van der Waals surface area contributed by atoms with Crippen molar-refractivity contribution in [3.05, 3.63) is 74.1 Å². The van der Waals surface area contributed by atoms with Crippen LogP contribution in [0.3, 0.4) is 0 Å². The number of esters is 1. The standard InChI is InChI=1S/C18H10Cl2O4/c19-12-6-3-5-9(16(12)20)11-8-14(21)24-17-10-4-1-2-7-13(10)23-18(22)15(11)17/h1-7,11H,8H2/t11-/m1/s1. The van der Waals surface area contributed by atoms with Crippen molar-refractivity contribution < 1.29 is 13.9 Å². The topological polar surface area (TPSA) is 56.5 Å². The lowest BCUT2D eigenvalue weighted by Crippen LogP contribution is -2.27. The van der Waals surface area contributed by atoms with Crippen LogP contribution >= 0.6 is 23.2 Å². The highest BCUT2D eigenvalue weighted by Crippen LogP contribution is 2.43. The first-order chi connectivity index (χ1) is 11.6. The maximum absolute atomic E-state index is 12.5. The van der Waals surface area contributed by atoms with Gasteiger partial charge >= 0.3 is 11.6 Å². The second kappa shape index (κ2) is 5.65. The normalized spacial score (nSPS) is 16.8. The molecule has 3 aromatic rings. The van der Waals surface area contributed by atoms with Crippen LogP contribution in [0.2, 0.25) is 10.0 Å². The van der Waals surface area contributed by atoms with Crippen molar-refractivity contribution >= 4 is 40.1 Å². The monoisotopic (exact) mass is 360 g/mol. The number of carbonyl (C=O) groups is 1. The zero-order valence-corrected chi connectivity index (χ0v) is 13.7. The zero-order valence-electron chi connectivity index (χ0n) is 12.2. The third-order valence-corrected chi connectivity index (χ3v) is 4.92. The number of rotatable bonds is 1. The summed E-state index contributed by atoms with van der Waals surface area (Å²) in [4.78, 5) is 24.7. The Labute approximate surface area is 146 Å². The number of halogens is 2. The lowest BCUT2D eigenvalue weighted by molar-refractivity contribution is -0.135. The molecule has 0 saturated carbocycles. The van der Waals surface area contributed by atoms with Gasteiger partial charge in [-0.1, -0.05) is 47.5 Å². The molecule has 0 fully saturated rings. The molecule has 1 aliphatic heterocycles. The van der Waals surface area contributed by atoms with Crippen molar-refractivity contribution in [3.63, 3.8) is 0 Å². The molecule has 2 aromatic carbocycles. The van der Waals surface area contributed by atoms with Crippen LogP contribution in [0.4, 0.5) is 0 Å². The molecule has 1 aliphatic rings. The summed E-state index contributed by atoms with van der Waals surface area (Å²) in [7, 11) is 0. The van der Waals surface area contributed by atoms with Gasteiger partial charge in [0.15, 0.2) is 5.75 Å². The van der Waals surface area contributed by atoms with Crippen LogP contribution < -0.4 is 10.4 Å². The van der Waals surface area contributed by atoms with E-state index in [2.05, 4.69) is 0 Å². The van der Waals surface area contributed by atoms with Gasteiger partial charge in [0.1, 0.15) is 5.58 Å². The van der Waals surface area contributed by atoms with Gasteiger partial charge in [-0.05, 0) is 23.8 Å². The van der Waals surface area contributed by atoms with E-state index in [9.17, 15) is 9.59 Å². The first kappa shape index (κ1) is 15.2. The van der Waals surface area contributed by atoms with Crippen LogP contribution in [0.5, 0.6) is 5.75 Å². The zero-order chi connectivity index (χ0) is 16.8. The van der Waals surface area contributed by atoms with Crippen LogP contribution in [-0.4, -0.2) is 5.97 Å². The number of ether oxygens (including phenoxy) is 1. The van der Waals surface area contributed by atoms with Crippen LogP contribution in [0.15, 0.2) is 51.7 Å². The molecule has 0 N–H and O–H groups in total. The highest BCUT2D eigenvalue weighted by molar-refractivity contribution is 6.42. The molecule has 0 spiro atoms. The molecule has 2 heterocycles. The molecule has 6 heteroatoms. The van der Waals surface area contributed by atoms with Gasteiger partial charge in [-0.3, -0.25) is 4.79 Å². The maximum Gasteiger partial charge on any atom is 0.343 e. The minimum atomic E-state index is -0.562. The molecule has 0 unspecified atom stereocenters. The third kappa shape index (κ3) is 2.30. The second-order valence-corrected chi connectivity index (χ2v) is 6.29. The molecule has 24 heavy (non-hydrogen) atoms. The molecule has 4 nitrogen and oxygen atoms in total. The number of hydrogen-bond acceptors (Lipinski definition) is 4. The Hall–Kier alpha value is -2.30. The van der Waals surface area contributed by atoms with Crippen LogP contribution in [0, 0.1) is 0 Å². The van der Waals surface area contributed by atoms with Gasteiger partial charge in [-0.15, -0.1) is 0 Å². The molecule has 0 radical (unpaired) electrons. The van der Waals surface area contributed by atoms with E-state index in [0.717, 1.165) is 0 Å². The average molecular weight is 361 g/mol. The van der Waals surface area contributed by atoms with E-state index in [1.807, 2.05) is 0 Å². The van der Waals surface area contributed by atoms with E-state index in [0.29, 0.717) is 26.6 Å². The number of para-hydroxylation sites is 1. The molecular weight excluding hydrogens is 351 g/mol. The smallest absolute Gasteiger partial charge is 0.343 e. The Balaban J connectivity index is 2.04. The first-order valence-electron chi connectivity index (χ1n) is 7.26. The Kier molecular flexibility index (Phi) is 3.59. The summed E-state index contributed by atoms with van der Waals surface area (Å²) in [5.41, 5.74) is 0.714. The summed E-state index contributed by atoms with van der Waals surface area (Å²) in [6.45, 7) is 0. The molecule has 1 aromatic heterocycles. The van der Waals surface area contributed by atoms with Crippen molar-refractivity contribution in [2.24, 2.45) is 0 Å². The quantitative estimate of drug-likeness (QED) is 0.472. The van der Waals surface area contributed by atoms with E-state index in [1.165, 1.54) is 0 Å². The number of fused-ring (bicyclic) bond motifs is 3. The van der Waals surface area contributed by atoms with Gasteiger partial charge in [0, 0.05) is 5.92 Å². The van der Waals surface area contributed by atoms with Crippen LogP contribution in [0.1, 0.15) is 23.5 Å². The summed E-state index contributed by atoms with van der Waals surface area (Å²) >= 11 is 12.4. The highest BCUT2D eigenvalue weighted by atomic mass is 35.5. The van der Waals surface area contributed by atoms with Gasteiger partial charge in [-0.2, -0.15) is 0 Å². The fraction of sp³-hybridized carbons (Fsp3) is 0.111. The van der Waals surface area contributed by atoms with Crippen molar-refractivity contribution in [2.45, 2.75) is 12.3 Å². The number of carbonyl (C=O) groups excluding carboxylic acids is 1. The Bertz CT molecular complexity index is 1040. The van der Waals surface area contributed by atoms with E-state index < -0.39 is 17.5 Å². The number of hydrogen-bond donors (Lipinski definition) is 0. The summed E-state index contributed by atoms with van der Waals surface area (Å²) in [6.07, 6.45) is -0.00381. The molecule has 0 aliphatic carbocycles. The van der Waals surface area contributed by atoms with Crippen molar-refractivity contribution in [1.29, 1.82) is 0 Å². The van der Waals surface area contributed by atoms with Crippen molar-refractivity contribution in [2.75, 3.05) is 0 Å². The molecular formula is C18H10Cl2O4. The highest BCUT2D eigenvalue weighted by Gasteiger charge is 2.35. The second-order valence-electron chi connectivity index (χ2n) is 5.50. The van der Waals surface area contributed by atoms with Crippen LogP contribution in [-0.2, 0) is 4.79 Å². The van der Waals surface area contributed by atoms with E-state index in [1.54, 1.807) is 42.5 Å². The lowest BCUT2D eigenvalue weighted by Gasteiger charge is -2.25. The van der Waals surface area contributed by atoms with Crippen molar-refractivity contribution in [3.8, 4) is 5.75 Å². The summed E-state index contributed by atoms with van der Waals surface area (Å²) in [6, 6.07) is 12.0. The number of benzene rings is 2. The third-order valence-electron chi connectivity index (χ3n) is 4.09. The Morgan fingerprint density at radius 1 is 1.00 bits per heavy atom. The van der Waals surface area contributed by atoms with Gasteiger partial charge in [0.2, 0.25) is 0 Å². The molecule has 0 bridgehead atoms. The molecule has 120 valence electrons. The van der Waals surface area contributed by atoms with E-state index in [-0.39, 0.29) is 17.7 Å². The van der Waals surface area contributed by atoms with Crippen molar-refractivity contribution in [1.82, 2.24) is 0 Å². The largest absolute Gasteiger partial charge is 0.425 e. The Morgan fingerprint density at radius 2 is 1.79 bits per heavy atom. The predicted octanol–water partition coefficient (Wildman–Crippen LogP) is 4.54. The minimum absolute atomic E-state index is 0.00381. The van der Waals surface area contributed by atoms with Gasteiger partial charge in [0.05, 0.1) is 27.4 Å².